The van der Waals surface area contributed by atoms with Crippen molar-refractivity contribution < 1.29 is 4.79 Å². The van der Waals surface area contributed by atoms with Crippen molar-refractivity contribution in [1.29, 1.82) is 0 Å². The molecule has 5 nitrogen and oxygen atoms in total. The summed E-state index contributed by atoms with van der Waals surface area (Å²) in [7, 11) is 0. The predicted octanol–water partition coefficient (Wildman–Crippen LogP) is 3.46. The van der Waals surface area contributed by atoms with Gasteiger partial charge in [0.25, 0.3) is 0 Å². The van der Waals surface area contributed by atoms with Crippen LogP contribution in [0.25, 0.3) is 0 Å². The second-order valence-electron chi connectivity index (χ2n) is 5.44. The first-order valence-corrected chi connectivity index (χ1v) is 9.68. The SMILES string of the molecule is C=CCNc1nnc(SCC(=O)NC2CCCCCCC2)s1. The van der Waals surface area contributed by atoms with Crippen LogP contribution < -0.4 is 10.6 Å². The molecule has 1 amide bonds. The van der Waals surface area contributed by atoms with Crippen LogP contribution in [0.5, 0.6) is 0 Å². The molecule has 1 heterocycles. The van der Waals surface area contributed by atoms with E-state index in [0.717, 1.165) is 22.3 Å². The lowest BCUT2D eigenvalue weighted by Gasteiger charge is -2.20. The van der Waals surface area contributed by atoms with Crippen LogP contribution in [-0.4, -0.2) is 34.4 Å². The van der Waals surface area contributed by atoms with E-state index in [1.54, 1.807) is 6.08 Å². The van der Waals surface area contributed by atoms with Gasteiger partial charge in [-0.15, -0.1) is 16.8 Å². The normalized spacial score (nSPS) is 16.5. The smallest absolute Gasteiger partial charge is 0.230 e. The Labute approximate surface area is 140 Å². The monoisotopic (exact) mass is 340 g/mol. The van der Waals surface area contributed by atoms with Gasteiger partial charge < -0.3 is 10.6 Å². The van der Waals surface area contributed by atoms with Crippen LogP contribution >= 0.6 is 23.1 Å². The number of nitrogens with one attached hydrogen (secondary N) is 2. The van der Waals surface area contributed by atoms with Crippen molar-refractivity contribution in [2.45, 2.75) is 55.3 Å². The Bertz CT molecular complexity index is 470. The molecular formula is C15H24N4OS2. The molecule has 7 heteroatoms. The molecule has 0 aromatic carbocycles. The Morgan fingerprint density at radius 2 is 2.00 bits per heavy atom. The zero-order valence-corrected chi connectivity index (χ0v) is 14.5. The summed E-state index contributed by atoms with van der Waals surface area (Å²) in [5.41, 5.74) is 0. The number of rotatable bonds is 7. The minimum absolute atomic E-state index is 0.103. The van der Waals surface area contributed by atoms with Crippen molar-refractivity contribution in [1.82, 2.24) is 15.5 Å². The number of nitrogens with zero attached hydrogens (tertiary/aromatic N) is 2. The number of amides is 1. The zero-order valence-electron chi connectivity index (χ0n) is 12.8. The Hall–Kier alpha value is -1.08. The highest BCUT2D eigenvalue weighted by Crippen LogP contribution is 2.25. The quantitative estimate of drug-likeness (QED) is 0.588. The summed E-state index contributed by atoms with van der Waals surface area (Å²) < 4.78 is 0.819. The third-order valence-electron chi connectivity index (χ3n) is 3.60. The summed E-state index contributed by atoms with van der Waals surface area (Å²) >= 11 is 2.92. The number of hydrogen-bond acceptors (Lipinski definition) is 6. The summed E-state index contributed by atoms with van der Waals surface area (Å²) in [4.78, 5) is 12.1. The number of carbonyl (C=O) groups is 1. The molecule has 2 rings (SSSR count). The van der Waals surface area contributed by atoms with Gasteiger partial charge in [0.05, 0.1) is 5.75 Å². The highest BCUT2D eigenvalue weighted by atomic mass is 32.2. The molecule has 1 saturated carbocycles. The summed E-state index contributed by atoms with van der Waals surface area (Å²) in [6.07, 6.45) is 10.4. The van der Waals surface area contributed by atoms with Crippen molar-refractivity contribution in [2.75, 3.05) is 17.6 Å². The molecule has 1 aliphatic carbocycles. The molecule has 0 spiro atoms. The minimum atomic E-state index is 0.103. The number of aromatic nitrogens is 2. The van der Waals surface area contributed by atoms with Crippen molar-refractivity contribution in [3.05, 3.63) is 12.7 Å². The standard InChI is InChI=1S/C15H24N4OS2/c1-2-10-16-14-18-19-15(22-14)21-11-13(20)17-12-8-6-4-3-5-7-9-12/h2,12H,1,3-11H2,(H,16,18)(H,17,20). The highest BCUT2D eigenvalue weighted by Gasteiger charge is 2.15. The summed E-state index contributed by atoms with van der Waals surface area (Å²) in [5, 5.41) is 15.1. The number of anilines is 1. The van der Waals surface area contributed by atoms with E-state index in [-0.39, 0.29) is 5.91 Å². The summed E-state index contributed by atoms with van der Waals surface area (Å²) in [6, 6.07) is 0.354. The van der Waals surface area contributed by atoms with Crippen LogP contribution in [0.1, 0.15) is 44.9 Å². The Balaban J connectivity index is 1.70. The fourth-order valence-corrected chi connectivity index (χ4v) is 4.07. The molecule has 0 atom stereocenters. The average molecular weight is 341 g/mol. The molecule has 0 radical (unpaired) electrons. The largest absolute Gasteiger partial charge is 0.357 e. The molecule has 1 aliphatic rings. The van der Waals surface area contributed by atoms with Gasteiger partial charge in [-0.1, -0.05) is 61.3 Å². The molecule has 0 saturated heterocycles. The average Bonchev–Trinajstić information content (AvgIpc) is 2.93. The van der Waals surface area contributed by atoms with Gasteiger partial charge in [-0.3, -0.25) is 4.79 Å². The minimum Gasteiger partial charge on any atom is -0.357 e. The van der Waals surface area contributed by atoms with Crippen LogP contribution in [-0.2, 0) is 4.79 Å². The van der Waals surface area contributed by atoms with Gasteiger partial charge in [-0.2, -0.15) is 0 Å². The van der Waals surface area contributed by atoms with Crippen molar-refractivity contribution in [3.63, 3.8) is 0 Å². The lowest BCUT2D eigenvalue weighted by atomic mass is 9.97. The van der Waals surface area contributed by atoms with Gasteiger partial charge in [0.1, 0.15) is 0 Å². The second kappa shape index (κ2) is 9.84. The maximum Gasteiger partial charge on any atom is 0.230 e. The van der Waals surface area contributed by atoms with Gasteiger partial charge in [-0.25, -0.2) is 0 Å². The maximum absolute atomic E-state index is 12.1. The van der Waals surface area contributed by atoms with E-state index in [2.05, 4.69) is 27.4 Å². The third kappa shape index (κ3) is 6.36. The van der Waals surface area contributed by atoms with Crippen molar-refractivity contribution >= 4 is 34.1 Å². The molecule has 0 unspecified atom stereocenters. The van der Waals surface area contributed by atoms with E-state index in [0.29, 0.717) is 18.3 Å². The van der Waals surface area contributed by atoms with Crippen molar-refractivity contribution in [3.8, 4) is 0 Å². The molecule has 0 bridgehead atoms. The van der Waals surface area contributed by atoms with Gasteiger partial charge in [0, 0.05) is 12.6 Å². The molecule has 2 N–H and O–H groups in total. The molecular weight excluding hydrogens is 316 g/mol. The van der Waals surface area contributed by atoms with Crippen molar-refractivity contribution in [2.24, 2.45) is 0 Å². The number of thioether (sulfide) groups is 1. The van der Waals surface area contributed by atoms with Gasteiger partial charge in [0.15, 0.2) is 4.34 Å². The molecule has 1 aromatic heterocycles. The molecule has 0 aliphatic heterocycles. The lowest BCUT2D eigenvalue weighted by Crippen LogP contribution is -2.36. The van der Waals surface area contributed by atoms with E-state index < -0.39 is 0 Å². The first kappa shape index (κ1) is 17.3. The van der Waals surface area contributed by atoms with Crippen LogP contribution in [0.15, 0.2) is 17.0 Å². The fourth-order valence-electron chi connectivity index (χ4n) is 2.50. The highest BCUT2D eigenvalue weighted by molar-refractivity contribution is 8.01. The maximum atomic E-state index is 12.1. The Kier molecular flexibility index (Phi) is 7.73. The topological polar surface area (TPSA) is 66.9 Å². The summed E-state index contributed by atoms with van der Waals surface area (Å²) in [5.74, 6) is 0.512. The fraction of sp³-hybridized carbons (Fsp3) is 0.667. The van der Waals surface area contributed by atoms with Crippen LogP contribution in [0.4, 0.5) is 5.13 Å². The number of carbonyl (C=O) groups excluding carboxylic acids is 1. The third-order valence-corrected chi connectivity index (χ3v) is 5.62. The van der Waals surface area contributed by atoms with E-state index in [9.17, 15) is 4.79 Å². The van der Waals surface area contributed by atoms with Crippen LogP contribution in [0.2, 0.25) is 0 Å². The van der Waals surface area contributed by atoms with E-state index in [1.807, 2.05) is 0 Å². The first-order valence-electron chi connectivity index (χ1n) is 7.88. The predicted molar refractivity (Wildman–Crippen MR) is 93.6 cm³/mol. The second-order valence-corrected chi connectivity index (χ2v) is 7.64. The zero-order chi connectivity index (χ0) is 15.6. The van der Waals surface area contributed by atoms with Gasteiger partial charge in [-0.05, 0) is 12.8 Å². The Morgan fingerprint density at radius 1 is 1.27 bits per heavy atom. The molecule has 22 heavy (non-hydrogen) atoms. The lowest BCUT2D eigenvalue weighted by molar-refractivity contribution is -0.119. The molecule has 1 fully saturated rings. The number of hydrogen-bond donors (Lipinski definition) is 2. The Morgan fingerprint density at radius 3 is 2.73 bits per heavy atom. The van der Waals surface area contributed by atoms with E-state index in [1.165, 1.54) is 55.2 Å². The van der Waals surface area contributed by atoms with Gasteiger partial charge in [0.2, 0.25) is 11.0 Å². The first-order chi connectivity index (χ1) is 10.8. The van der Waals surface area contributed by atoms with E-state index >= 15 is 0 Å². The van der Waals surface area contributed by atoms with Gasteiger partial charge >= 0.3 is 0 Å². The summed E-state index contributed by atoms with van der Waals surface area (Å²) in [6.45, 7) is 4.31. The van der Waals surface area contributed by atoms with Crippen LogP contribution in [0.3, 0.4) is 0 Å². The molecule has 122 valence electrons. The van der Waals surface area contributed by atoms with E-state index in [4.69, 9.17) is 0 Å². The van der Waals surface area contributed by atoms with Crippen LogP contribution in [0, 0.1) is 0 Å². The molecule has 1 aromatic rings.